The zero-order valence-corrected chi connectivity index (χ0v) is 13.1. The predicted molar refractivity (Wildman–Crippen MR) is 79.5 cm³/mol. The fraction of sp³-hybridized carbons (Fsp3) is 0.400. The first kappa shape index (κ1) is 18.4. The molecule has 0 aliphatic carbocycles. The molecule has 0 unspecified atom stereocenters. The number of carbonyl (C=O) groups excluding carboxylic acids is 3. The lowest BCUT2D eigenvalue weighted by Crippen LogP contribution is -2.46. The van der Waals surface area contributed by atoms with E-state index in [0.717, 1.165) is 6.07 Å². The first-order valence-corrected chi connectivity index (χ1v) is 6.96. The first-order chi connectivity index (χ1) is 10.9. The van der Waals surface area contributed by atoms with Gasteiger partial charge in [0.25, 0.3) is 5.91 Å². The van der Waals surface area contributed by atoms with Crippen LogP contribution in [0.15, 0.2) is 18.2 Å². The number of hydrogen-bond donors (Lipinski definition) is 2. The maximum atomic E-state index is 13.5. The molecule has 0 aliphatic rings. The van der Waals surface area contributed by atoms with Gasteiger partial charge >= 0.3 is 5.97 Å². The van der Waals surface area contributed by atoms with Crippen molar-refractivity contribution in [1.82, 2.24) is 10.6 Å². The quantitative estimate of drug-likeness (QED) is 0.717. The minimum absolute atomic E-state index is 0.00458. The number of ether oxygens (including phenoxy) is 2. The fourth-order valence-electron chi connectivity index (χ4n) is 1.68. The van der Waals surface area contributed by atoms with Gasteiger partial charge in [-0.05, 0) is 32.0 Å². The van der Waals surface area contributed by atoms with E-state index in [9.17, 15) is 18.8 Å². The van der Waals surface area contributed by atoms with E-state index in [1.807, 2.05) is 0 Å². The Bertz CT molecular complexity index is 591. The van der Waals surface area contributed by atoms with Crippen molar-refractivity contribution >= 4 is 17.8 Å². The number of likely N-dealkylation sites (N-methyl/N-ethyl adjacent to an activating group) is 1. The topological polar surface area (TPSA) is 93.7 Å². The highest BCUT2D eigenvalue weighted by atomic mass is 19.1. The second-order valence-electron chi connectivity index (χ2n) is 4.61. The molecular formula is C15H19FN2O5. The van der Waals surface area contributed by atoms with E-state index in [0.29, 0.717) is 6.54 Å². The van der Waals surface area contributed by atoms with E-state index in [1.165, 1.54) is 26.2 Å². The summed E-state index contributed by atoms with van der Waals surface area (Å²) in [5, 5.41) is 4.92. The van der Waals surface area contributed by atoms with Gasteiger partial charge in [0.2, 0.25) is 5.91 Å². The molecular weight excluding hydrogens is 307 g/mol. The van der Waals surface area contributed by atoms with Gasteiger partial charge in [0.15, 0.2) is 18.2 Å². The zero-order chi connectivity index (χ0) is 17.4. The fourth-order valence-corrected chi connectivity index (χ4v) is 1.68. The summed E-state index contributed by atoms with van der Waals surface area (Å²) in [5.74, 6) is -2.55. The summed E-state index contributed by atoms with van der Waals surface area (Å²) >= 11 is 0. The molecule has 0 saturated heterocycles. The Hall–Kier alpha value is -2.64. The molecule has 0 saturated carbocycles. The second kappa shape index (κ2) is 8.72. The molecule has 0 spiro atoms. The van der Waals surface area contributed by atoms with E-state index < -0.39 is 30.3 Å². The van der Waals surface area contributed by atoms with E-state index in [1.54, 1.807) is 6.92 Å². The maximum absolute atomic E-state index is 13.5. The van der Waals surface area contributed by atoms with Crippen LogP contribution in [0.25, 0.3) is 0 Å². The first-order valence-electron chi connectivity index (χ1n) is 6.96. The van der Waals surface area contributed by atoms with Gasteiger partial charge in [0.05, 0.1) is 12.7 Å². The van der Waals surface area contributed by atoms with Gasteiger partial charge in [0, 0.05) is 6.54 Å². The highest BCUT2D eigenvalue weighted by Crippen LogP contribution is 2.18. The monoisotopic (exact) mass is 326 g/mol. The summed E-state index contributed by atoms with van der Waals surface area (Å²) in [7, 11) is 1.30. The lowest BCUT2D eigenvalue weighted by Gasteiger charge is -2.13. The summed E-state index contributed by atoms with van der Waals surface area (Å²) in [4.78, 5) is 34.8. The smallest absolute Gasteiger partial charge is 0.338 e. The molecule has 0 bridgehead atoms. The molecule has 7 nitrogen and oxygen atoms in total. The SMILES string of the molecule is CCNC(=O)[C@@H](C)NC(=O)COC(=O)c1ccc(OC)c(F)c1. The number of benzene rings is 1. The molecule has 0 radical (unpaired) electrons. The average Bonchev–Trinajstić information content (AvgIpc) is 2.52. The Balaban J connectivity index is 2.51. The van der Waals surface area contributed by atoms with Gasteiger partial charge in [-0.1, -0.05) is 0 Å². The number of methoxy groups -OCH3 is 1. The van der Waals surface area contributed by atoms with Crippen molar-refractivity contribution < 1.29 is 28.2 Å². The Labute approximate surface area is 133 Å². The van der Waals surface area contributed by atoms with Gasteiger partial charge in [-0.25, -0.2) is 9.18 Å². The van der Waals surface area contributed by atoms with Crippen LogP contribution >= 0.6 is 0 Å². The third-order valence-electron chi connectivity index (χ3n) is 2.84. The van der Waals surface area contributed by atoms with Crippen LogP contribution in [0.1, 0.15) is 24.2 Å². The summed E-state index contributed by atoms with van der Waals surface area (Å²) in [6.07, 6.45) is 0. The van der Waals surface area contributed by atoms with Crippen LogP contribution in [0.5, 0.6) is 5.75 Å². The van der Waals surface area contributed by atoms with E-state index in [2.05, 4.69) is 10.6 Å². The van der Waals surface area contributed by atoms with Gasteiger partial charge in [0.1, 0.15) is 6.04 Å². The van der Waals surface area contributed by atoms with E-state index in [4.69, 9.17) is 9.47 Å². The molecule has 2 N–H and O–H groups in total. The molecule has 0 aliphatic heterocycles. The normalized spacial score (nSPS) is 11.3. The van der Waals surface area contributed by atoms with Crippen LogP contribution in [0.4, 0.5) is 4.39 Å². The summed E-state index contributed by atoms with van der Waals surface area (Å²) in [6.45, 7) is 3.12. The Morgan fingerprint density at radius 1 is 1.30 bits per heavy atom. The lowest BCUT2D eigenvalue weighted by molar-refractivity contribution is -0.130. The molecule has 1 rings (SSSR count). The molecule has 1 aromatic carbocycles. The zero-order valence-electron chi connectivity index (χ0n) is 13.1. The highest BCUT2D eigenvalue weighted by molar-refractivity contribution is 5.92. The number of amides is 2. The number of carbonyl (C=O) groups is 3. The van der Waals surface area contributed by atoms with Crippen molar-refractivity contribution in [3.05, 3.63) is 29.6 Å². The molecule has 2 amide bonds. The minimum Gasteiger partial charge on any atom is -0.494 e. The standard InChI is InChI=1S/C15H19FN2O5/c1-4-17-14(20)9(2)18-13(19)8-23-15(21)10-5-6-12(22-3)11(16)7-10/h5-7,9H,4,8H2,1-3H3,(H,17,20)(H,18,19)/t9-/m1/s1. The maximum Gasteiger partial charge on any atom is 0.338 e. The van der Waals surface area contributed by atoms with Gasteiger partial charge in [-0.15, -0.1) is 0 Å². The molecule has 0 fully saturated rings. The number of halogens is 1. The summed E-state index contributed by atoms with van der Waals surface area (Å²) in [6, 6.07) is 2.80. The molecule has 8 heteroatoms. The lowest BCUT2D eigenvalue weighted by atomic mass is 10.2. The van der Waals surface area contributed by atoms with E-state index in [-0.39, 0.29) is 17.2 Å². The Kier molecular flexibility index (Phi) is 6.98. The summed E-state index contributed by atoms with van der Waals surface area (Å²) < 4.78 is 23.0. The van der Waals surface area contributed by atoms with Crippen LogP contribution in [0.2, 0.25) is 0 Å². The molecule has 126 valence electrons. The van der Waals surface area contributed by atoms with Gasteiger partial charge in [-0.2, -0.15) is 0 Å². The Morgan fingerprint density at radius 3 is 2.57 bits per heavy atom. The van der Waals surface area contributed by atoms with Crippen LogP contribution in [0, 0.1) is 5.82 Å². The highest BCUT2D eigenvalue weighted by Gasteiger charge is 2.17. The Morgan fingerprint density at radius 2 is 2.00 bits per heavy atom. The second-order valence-corrected chi connectivity index (χ2v) is 4.61. The minimum atomic E-state index is -0.854. The van der Waals surface area contributed by atoms with Crippen LogP contribution < -0.4 is 15.4 Å². The van der Waals surface area contributed by atoms with Crippen molar-refractivity contribution in [2.45, 2.75) is 19.9 Å². The van der Waals surface area contributed by atoms with Crippen molar-refractivity contribution in [2.24, 2.45) is 0 Å². The van der Waals surface area contributed by atoms with Crippen LogP contribution in [-0.2, 0) is 14.3 Å². The van der Waals surface area contributed by atoms with Crippen molar-refractivity contribution in [3.8, 4) is 5.75 Å². The number of rotatable bonds is 7. The van der Waals surface area contributed by atoms with Gasteiger partial charge < -0.3 is 20.1 Å². The molecule has 0 heterocycles. The number of esters is 1. The molecule has 1 atom stereocenters. The largest absolute Gasteiger partial charge is 0.494 e. The number of hydrogen-bond acceptors (Lipinski definition) is 5. The number of nitrogens with one attached hydrogen (secondary N) is 2. The predicted octanol–water partition coefficient (Wildman–Crippen LogP) is 0.632. The van der Waals surface area contributed by atoms with Crippen molar-refractivity contribution in [2.75, 3.05) is 20.3 Å². The third-order valence-corrected chi connectivity index (χ3v) is 2.84. The van der Waals surface area contributed by atoms with Crippen molar-refractivity contribution in [1.29, 1.82) is 0 Å². The third kappa shape index (κ3) is 5.57. The van der Waals surface area contributed by atoms with Crippen LogP contribution in [0.3, 0.4) is 0 Å². The van der Waals surface area contributed by atoms with Gasteiger partial charge in [-0.3, -0.25) is 9.59 Å². The molecule has 0 aromatic heterocycles. The molecule has 23 heavy (non-hydrogen) atoms. The van der Waals surface area contributed by atoms with E-state index >= 15 is 0 Å². The summed E-state index contributed by atoms with van der Waals surface area (Å²) in [5.41, 5.74) is -0.0483. The average molecular weight is 326 g/mol. The van der Waals surface area contributed by atoms with Crippen LogP contribution in [-0.4, -0.2) is 44.1 Å². The molecule has 1 aromatic rings. The van der Waals surface area contributed by atoms with Crippen molar-refractivity contribution in [3.63, 3.8) is 0 Å².